The molecule has 3 aromatic rings. The van der Waals surface area contributed by atoms with Crippen LogP contribution in [0.1, 0.15) is 42.4 Å². The number of piperidine rings is 1. The number of aryl methyl sites for hydroxylation is 2. The first-order valence-electron chi connectivity index (χ1n) is 10.9. The number of carbonyl (C=O) groups excluding carboxylic acids is 1. The lowest BCUT2D eigenvalue weighted by molar-refractivity contribution is -0.137. The SMILES string of the molecule is COc1cc(C)ccc1OCC(=O)N1CCCC[C@H]1c1nc(C)ncc1-c1ccncc1. The Bertz CT molecular complexity index is 1090. The first-order chi connectivity index (χ1) is 15.6. The summed E-state index contributed by atoms with van der Waals surface area (Å²) >= 11 is 0. The normalized spacial score (nSPS) is 16.0. The number of rotatable bonds is 6. The maximum Gasteiger partial charge on any atom is 0.261 e. The average Bonchev–Trinajstić information content (AvgIpc) is 2.83. The molecule has 4 rings (SSSR count). The van der Waals surface area contributed by atoms with Crippen LogP contribution in [0.15, 0.2) is 48.9 Å². The highest BCUT2D eigenvalue weighted by atomic mass is 16.5. The molecule has 1 atom stereocenters. The summed E-state index contributed by atoms with van der Waals surface area (Å²) in [6.07, 6.45) is 8.22. The van der Waals surface area contributed by atoms with E-state index >= 15 is 0 Å². The minimum atomic E-state index is -0.121. The molecule has 0 N–H and O–H groups in total. The van der Waals surface area contributed by atoms with Crippen LogP contribution in [0.4, 0.5) is 0 Å². The third kappa shape index (κ3) is 4.72. The molecule has 1 aliphatic rings. The maximum atomic E-state index is 13.3. The van der Waals surface area contributed by atoms with Crippen LogP contribution in [0.3, 0.4) is 0 Å². The molecular formula is C25H28N4O3. The zero-order valence-corrected chi connectivity index (χ0v) is 18.7. The summed E-state index contributed by atoms with van der Waals surface area (Å²) < 4.78 is 11.3. The van der Waals surface area contributed by atoms with E-state index in [2.05, 4.69) is 9.97 Å². The predicted molar refractivity (Wildman–Crippen MR) is 122 cm³/mol. The van der Waals surface area contributed by atoms with Crippen LogP contribution in [0.5, 0.6) is 11.5 Å². The van der Waals surface area contributed by atoms with Crippen molar-refractivity contribution < 1.29 is 14.3 Å². The van der Waals surface area contributed by atoms with E-state index in [1.54, 1.807) is 19.5 Å². The third-order valence-corrected chi connectivity index (χ3v) is 5.74. The van der Waals surface area contributed by atoms with E-state index in [9.17, 15) is 4.79 Å². The number of aromatic nitrogens is 3. The molecule has 1 amide bonds. The van der Waals surface area contributed by atoms with Crippen molar-refractivity contribution in [2.75, 3.05) is 20.3 Å². The summed E-state index contributed by atoms with van der Waals surface area (Å²) in [6, 6.07) is 9.44. The number of hydrogen-bond acceptors (Lipinski definition) is 6. The molecule has 0 aliphatic carbocycles. The van der Waals surface area contributed by atoms with Crippen LogP contribution >= 0.6 is 0 Å². The second-order valence-corrected chi connectivity index (χ2v) is 7.99. The van der Waals surface area contributed by atoms with E-state index in [0.29, 0.717) is 23.9 Å². The highest BCUT2D eigenvalue weighted by Crippen LogP contribution is 2.36. The summed E-state index contributed by atoms with van der Waals surface area (Å²) in [5.74, 6) is 1.82. The quantitative estimate of drug-likeness (QED) is 0.578. The smallest absolute Gasteiger partial charge is 0.261 e. The van der Waals surface area contributed by atoms with Gasteiger partial charge in [-0.1, -0.05) is 6.07 Å². The molecule has 2 aromatic heterocycles. The van der Waals surface area contributed by atoms with Crippen LogP contribution in [-0.4, -0.2) is 46.0 Å². The van der Waals surface area contributed by atoms with Crippen LogP contribution in [-0.2, 0) is 4.79 Å². The van der Waals surface area contributed by atoms with Gasteiger partial charge in [-0.2, -0.15) is 0 Å². The molecule has 166 valence electrons. The van der Waals surface area contributed by atoms with Crippen molar-refractivity contribution in [3.05, 3.63) is 66.0 Å². The number of likely N-dealkylation sites (tertiary alicyclic amines) is 1. The van der Waals surface area contributed by atoms with Crippen molar-refractivity contribution >= 4 is 5.91 Å². The molecule has 1 saturated heterocycles. The van der Waals surface area contributed by atoms with E-state index < -0.39 is 0 Å². The van der Waals surface area contributed by atoms with Crippen molar-refractivity contribution in [3.8, 4) is 22.6 Å². The van der Waals surface area contributed by atoms with Gasteiger partial charge < -0.3 is 14.4 Å². The van der Waals surface area contributed by atoms with Crippen molar-refractivity contribution in [1.82, 2.24) is 19.9 Å². The highest BCUT2D eigenvalue weighted by molar-refractivity contribution is 5.79. The number of methoxy groups -OCH3 is 1. The first-order valence-corrected chi connectivity index (χ1v) is 10.9. The van der Waals surface area contributed by atoms with Gasteiger partial charge in [0.1, 0.15) is 5.82 Å². The van der Waals surface area contributed by atoms with Crippen molar-refractivity contribution in [2.24, 2.45) is 0 Å². The lowest BCUT2D eigenvalue weighted by Gasteiger charge is -2.36. The molecule has 1 aliphatic heterocycles. The van der Waals surface area contributed by atoms with Gasteiger partial charge in [-0.3, -0.25) is 9.78 Å². The van der Waals surface area contributed by atoms with Crippen LogP contribution in [0.2, 0.25) is 0 Å². The van der Waals surface area contributed by atoms with Crippen LogP contribution in [0.25, 0.3) is 11.1 Å². The van der Waals surface area contributed by atoms with Gasteiger partial charge >= 0.3 is 0 Å². The number of carbonyl (C=O) groups is 1. The van der Waals surface area contributed by atoms with Gasteiger partial charge in [0.25, 0.3) is 5.91 Å². The van der Waals surface area contributed by atoms with E-state index in [1.165, 1.54) is 0 Å². The fourth-order valence-corrected chi connectivity index (χ4v) is 4.13. The van der Waals surface area contributed by atoms with Crippen molar-refractivity contribution in [2.45, 2.75) is 39.2 Å². The largest absolute Gasteiger partial charge is 0.493 e. The van der Waals surface area contributed by atoms with Gasteiger partial charge in [0.05, 0.1) is 18.8 Å². The molecule has 32 heavy (non-hydrogen) atoms. The summed E-state index contributed by atoms with van der Waals surface area (Å²) in [5, 5.41) is 0. The van der Waals surface area contributed by atoms with Crippen LogP contribution in [0, 0.1) is 13.8 Å². The Kier molecular flexibility index (Phi) is 6.63. The minimum Gasteiger partial charge on any atom is -0.493 e. The molecule has 0 saturated carbocycles. The lowest BCUT2D eigenvalue weighted by Crippen LogP contribution is -2.41. The fourth-order valence-electron chi connectivity index (χ4n) is 4.13. The molecule has 0 bridgehead atoms. The van der Waals surface area contributed by atoms with Crippen LogP contribution < -0.4 is 9.47 Å². The number of nitrogens with zero attached hydrogens (tertiary/aromatic N) is 4. The van der Waals surface area contributed by atoms with Gasteiger partial charge in [-0.05, 0) is 68.5 Å². The number of ether oxygens (including phenoxy) is 2. The highest BCUT2D eigenvalue weighted by Gasteiger charge is 2.31. The standard InChI is InChI=1S/C25H28N4O3/c1-17-7-8-22(23(14-17)31-3)32-16-24(30)29-13-5-4-6-21(29)25-20(15-27-18(2)28-25)19-9-11-26-12-10-19/h7-12,14-15,21H,4-6,13,16H2,1-3H3/t21-/m0/s1. The average molecular weight is 433 g/mol. The molecular weight excluding hydrogens is 404 g/mol. The summed E-state index contributed by atoms with van der Waals surface area (Å²) in [5.41, 5.74) is 3.88. The van der Waals surface area contributed by atoms with Gasteiger partial charge in [0, 0.05) is 30.7 Å². The van der Waals surface area contributed by atoms with Crippen molar-refractivity contribution in [1.29, 1.82) is 0 Å². The monoisotopic (exact) mass is 432 g/mol. The number of hydrogen-bond donors (Lipinski definition) is 0. The molecule has 1 fully saturated rings. The van der Waals surface area contributed by atoms with Gasteiger partial charge in [0.2, 0.25) is 0 Å². The third-order valence-electron chi connectivity index (χ3n) is 5.74. The lowest BCUT2D eigenvalue weighted by atomic mass is 9.94. The number of benzene rings is 1. The number of pyridine rings is 1. The summed E-state index contributed by atoms with van der Waals surface area (Å²) in [6.45, 7) is 4.49. The summed E-state index contributed by atoms with van der Waals surface area (Å²) in [4.78, 5) is 28.5. The predicted octanol–water partition coefficient (Wildman–Crippen LogP) is 4.30. The maximum absolute atomic E-state index is 13.3. The summed E-state index contributed by atoms with van der Waals surface area (Å²) in [7, 11) is 1.60. The molecule has 1 aromatic carbocycles. The van der Waals surface area contributed by atoms with Gasteiger partial charge in [-0.25, -0.2) is 9.97 Å². The molecule has 0 radical (unpaired) electrons. The Morgan fingerprint density at radius 2 is 1.94 bits per heavy atom. The fraction of sp³-hybridized carbons (Fsp3) is 0.360. The molecule has 3 heterocycles. The van der Waals surface area contributed by atoms with Gasteiger partial charge in [-0.15, -0.1) is 0 Å². The Balaban J connectivity index is 1.59. The topological polar surface area (TPSA) is 77.4 Å². The zero-order chi connectivity index (χ0) is 22.5. The Labute approximate surface area is 188 Å². The zero-order valence-electron chi connectivity index (χ0n) is 18.7. The Hall–Kier alpha value is -3.48. The molecule has 0 unspecified atom stereocenters. The first kappa shape index (κ1) is 21.7. The second kappa shape index (κ2) is 9.77. The minimum absolute atomic E-state index is 0.0510. The Morgan fingerprint density at radius 1 is 1.12 bits per heavy atom. The van der Waals surface area contributed by atoms with Crippen molar-refractivity contribution in [3.63, 3.8) is 0 Å². The molecule has 0 spiro atoms. The Morgan fingerprint density at radius 3 is 2.72 bits per heavy atom. The van der Waals surface area contributed by atoms with Gasteiger partial charge in [0.15, 0.2) is 18.1 Å². The van der Waals surface area contributed by atoms with E-state index in [0.717, 1.165) is 41.6 Å². The number of amides is 1. The van der Waals surface area contributed by atoms with E-state index in [-0.39, 0.29) is 18.6 Å². The second-order valence-electron chi connectivity index (χ2n) is 7.99. The van der Waals surface area contributed by atoms with E-state index in [4.69, 9.17) is 14.5 Å². The molecule has 7 heteroatoms. The van der Waals surface area contributed by atoms with E-state index in [1.807, 2.05) is 55.3 Å². The molecule has 7 nitrogen and oxygen atoms in total.